The smallest absolute Gasteiger partial charge is 0.131 e. The van der Waals surface area contributed by atoms with Gasteiger partial charge >= 0.3 is 0 Å². The molecule has 1 heterocycles. The van der Waals surface area contributed by atoms with Crippen LogP contribution in [-0.2, 0) is 6.42 Å². The summed E-state index contributed by atoms with van der Waals surface area (Å²) in [5.41, 5.74) is 6.10. The van der Waals surface area contributed by atoms with E-state index in [1.54, 1.807) is 6.08 Å². The second-order valence-electron chi connectivity index (χ2n) is 9.80. The van der Waals surface area contributed by atoms with Crippen molar-refractivity contribution in [3.8, 4) is 0 Å². The van der Waals surface area contributed by atoms with Crippen LogP contribution in [0.2, 0.25) is 0 Å². The van der Waals surface area contributed by atoms with Gasteiger partial charge in [-0.3, -0.25) is 4.90 Å². The third-order valence-corrected chi connectivity index (χ3v) is 7.98. The van der Waals surface area contributed by atoms with E-state index in [9.17, 15) is 0 Å². The molecule has 154 valence electrons. The molecule has 5 aliphatic rings. The maximum atomic E-state index is 15.5. The third-order valence-electron chi connectivity index (χ3n) is 7.98. The molecule has 2 bridgehead atoms. The molecule has 0 N–H and O–H groups in total. The number of hydrogen-bond donors (Lipinski definition) is 0. The molecule has 1 aliphatic heterocycles. The summed E-state index contributed by atoms with van der Waals surface area (Å²) in [7, 11) is 0. The Bertz CT molecular complexity index is 1070. The molecule has 0 saturated heterocycles. The van der Waals surface area contributed by atoms with E-state index in [4.69, 9.17) is 0 Å². The summed E-state index contributed by atoms with van der Waals surface area (Å²) < 4.78 is 31.0. The van der Waals surface area contributed by atoms with Crippen LogP contribution in [0.1, 0.15) is 67.8 Å². The first kappa shape index (κ1) is 18.5. The van der Waals surface area contributed by atoms with Gasteiger partial charge in [0.25, 0.3) is 0 Å². The Kier molecular flexibility index (Phi) is 3.93. The first-order chi connectivity index (χ1) is 14.5. The zero-order valence-electron chi connectivity index (χ0n) is 17.6. The predicted octanol–water partition coefficient (Wildman–Crippen LogP) is 6.70. The lowest BCUT2D eigenvalue weighted by Crippen LogP contribution is -2.71. The van der Waals surface area contributed by atoms with Crippen LogP contribution in [0.15, 0.2) is 48.0 Å². The maximum absolute atomic E-state index is 15.5. The topological polar surface area (TPSA) is 3.24 Å². The molecule has 0 radical (unpaired) electrons. The van der Waals surface area contributed by atoms with Crippen LogP contribution in [0.4, 0.5) is 8.78 Å². The van der Waals surface area contributed by atoms with Gasteiger partial charge in [0.05, 0.1) is 6.04 Å². The average molecular weight is 404 g/mol. The Balaban J connectivity index is 1.54. The lowest BCUT2D eigenvalue weighted by molar-refractivity contribution is -0.173. The van der Waals surface area contributed by atoms with Crippen LogP contribution in [0.25, 0.3) is 11.6 Å². The number of benzene rings is 2. The Morgan fingerprint density at radius 1 is 1.07 bits per heavy atom. The second-order valence-corrected chi connectivity index (χ2v) is 9.80. The number of halogens is 2. The predicted molar refractivity (Wildman–Crippen MR) is 117 cm³/mol. The molecule has 2 aromatic carbocycles. The summed E-state index contributed by atoms with van der Waals surface area (Å²) in [5.74, 6) is -0.0102. The molecule has 2 aromatic rings. The van der Waals surface area contributed by atoms with Crippen LogP contribution in [-0.4, -0.2) is 16.5 Å². The van der Waals surface area contributed by atoms with E-state index < -0.39 is 11.6 Å². The number of nitrogens with zero attached hydrogens (tertiary/aromatic N) is 1. The van der Waals surface area contributed by atoms with Crippen LogP contribution in [0.5, 0.6) is 0 Å². The molecule has 3 fully saturated rings. The Morgan fingerprint density at radius 2 is 1.77 bits per heavy atom. The monoisotopic (exact) mass is 403 g/mol. The van der Waals surface area contributed by atoms with Crippen LogP contribution >= 0.6 is 0 Å². The Morgan fingerprint density at radius 3 is 2.40 bits per heavy atom. The molecule has 0 unspecified atom stereocenters. The van der Waals surface area contributed by atoms with Gasteiger partial charge in [-0.05, 0) is 91.8 Å². The SMILES string of the molecule is C/C=C/c1cc(F)c([C@@H]2C3=C(C[C@@H](C)N2C24CC(C2)C4)c2ccccc2C3)c(F)c1. The molecule has 7 rings (SSSR count). The summed E-state index contributed by atoms with van der Waals surface area (Å²) in [6.07, 6.45) is 8.90. The molecule has 4 aliphatic carbocycles. The zero-order chi connectivity index (χ0) is 20.6. The van der Waals surface area contributed by atoms with Crippen molar-refractivity contribution >= 4 is 11.6 Å². The second kappa shape index (κ2) is 6.37. The number of allylic oxidation sites excluding steroid dienone is 1. The minimum absolute atomic E-state index is 0.142. The van der Waals surface area contributed by atoms with E-state index in [-0.39, 0.29) is 23.2 Å². The molecule has 2 atom stereocenters. The van der Waals surface area contributed by atoms with E-state index in [0.717, 1.165) is 18.8 Å². The van der Waals surface area contributed by atoms with Crippen LogP contribution in [0, 0.1) is 17.6 Å². The van der Waals surface area contributed by atoms with Gasteiger partial charge in [0.1, 0.15) is 11.6 Å². The van der Waals surface area contributed by atoms with E-state index in [2.05, 4.69) is 36.1 Å². The largest absolute Gasteiger partial charge is 0.284 e. The standard InChI is InChI=1S/C27H27F2N/c1-3-6-17-10-23(28)25(24(29)11-17)26-22-12-19-7-4-5-8-20(19)21(22)9-16(2)30(26)27-13-18(14-27)15-27/h3-8,10-11,16,18,26H,9,12-15H2,1-2H3/b6-3+/t16-,18?,26+,27?/m1/s1. The van der Waals surface area contributed by atoms with Crippen molar-refractivity contribution in [2.45, 2.75) is 63.6 Å². The van der Waals surface area contributed by atoms with Crippen molar-refractivity contribution in [2.24, 2.45) is 5.92 Å². The van der Waals surface area contributed by atoms with Crippen LogP contribution in [0.3, 0.4) is 0 Å². The lowest BCUT2D eigenvalue weighted by Gasteiger charge is -2.70. The highest BCUT2D eigenvalue weighted by molar-refractivity contribution is 5.79. The highest BCUT2D eigenvalue weighted by atomic mass is 19.1. The average Bonchev–Trinajstić information content (AvgIpc) is 2.99. The van der Waals surface area contributed by atoms with Crippen molar-refractivity contribution in [1.29, 1.82) is 0 Å². The van der Waals surface area contributed by atoms with E-state index in [0.29, 0.717) is 5.56 Å². The normalized spacial score (nSPS) is 32.1. The van der Waals surface area contributed by atoms with E-state index >= 15 is 8.78 Å². The number of rotatable bonds is 3. The molecule has 3 heteroatoms. The van der Waals surface area contributed by atoms with Crippen LogP contribution < -0.4 is 0 Å². The lowest BCUT2D eigenvalue weighted by atomic mass is 9.48. The van der Waals surface area contributed by atoms with E-state index in [1.165, 1.54) is 53.7 Å². The fourth-order valence-electron chi connectivity index (χ4n) is 6.73. The third kappa shape index (κ3) is 2.42. The summed E-state index contributed by atoms with van der Waals surface area (Å²) in [4.78, 5) is 2.51. The fraction of sp³-hybridized carbons (Fsp3) is 0.407. The summed E-state index contributed by atoms with van der Waals surface area (Å²) in [6.45, 7) is 4.12. The molecule has 0 spiro atoms. The number of fused-ring (bicyclic) bond motifs is 2. The van der Waals surface area contributed by atoms with Gasteiger partial charge in [-0.1, -0.05) is 36.4 Å². The molecular weight excluding hydrogens is 376 g/mol. The highest BCUT2D eigenvalue weighted by Gasteiger charge is 2.63. The molecule has 30 heavy (non-hydrogen) atoms. The van der Waals surface area contributed by atoms with Crippen molar-refractivity contribution < 1.29 is 8.78 Å². The van der Waals surface area contributed by atoms with Crippen molar-refractivity contribution in [1.82, 2.24) is 4.90 Å². The van der Waals surface area contributed by atoms with Gasteiger partial charge in [-0.15, -0.1) is 0 Å². The van der Waals surface area contributed by atoms with Crippen molar-refractivity contribution in [2.75, 3.05) is 0 Å². The van der Waals surface area contributed by atoms with Gasteiger partial charge in [-0.2, -0.15) is 0 Å². The quantitative estimate of drug-likeness (QED) is 0.551. The van der Waals surface area contributed by atoms with Gasteiger partial charge in [0.2, 0.25) is 0 Å². The van der Waals surface area contributed by atoms with Gasteiger partial charge in [0.15, 0.2) is 0 Å². The summed E-state index contributed by atoms with van der Waals surface area (Å²) in [5, 5.41) is 0. The minimum atomic E-state index is -0.415. The first-order valence-corrected chi connectivity index (χ1v) is 11.2. The number of hydrogen-bond acceptors (Lipinski definition) is 1. The maximum Gasteiger partial charge on any atom is 0.131 e. The molecule has 0 amide bonds. The molecule has 1 nitrogen and oxygen atoms in total. The summed E-state index contributed by atoms with van der Waals surface area (Å²) >= 11 is 0. The Hall–Kier alpha value is -2.26. The summed E-state index contributed by atoms with van der Waals surface area (Å²) in [6, 6.07) is 11.5. The van der Waals surface area contributed by atoms with E-state index in [1.807, 2.05) is 13.0 Å². The molecule has 0 aromatic heterocycles. The highest BCUT2D eigenvalue weighted by Crippen LogP contribution is 2.65. The molecule has 3 saturated carbocycles. The van der Waals surface area contributed by atoms with Gasteiger partial charge < -0.3 is 0 Å². The van der Waals surface area contributed by atoms with Gasteiger partial charge in [0, 0.05) is 17.1 Å². The van der Waals surface area contributed by atoms with Crippen molar-refractivity contribution in [3.05, 3.63) is 81.9 Å². The van der Waals surface area contributed by atoms with Crippen molar-refractivity contribution in [3.63, 3.8) is 0 Å². The Labute approximate surface area is 177 Å². The zero-order valence-corrected chi connectivity index (χ0v) is 17.6. The minimum Gasteiger partial charge on any atom is -0.284 e. The van der Waals surface area contributed by atoms with Gasteiger partial charge in [-0.25, -0.2) is 8.78 Å². The molecular formula is C27H27F2N. The fourth-order valence-corrected chi connectivity index (χ4v) is 6.73. The first-order valence-electron chi connectivity index (χ1n) is 11.2.